The summed E-state index contributed by atoms with van der Waals surface area (Å²) < 4.78 is 19.4. The third kappa shape index (κ3) is 5.47. The number of halogens is 1. The van der Waals surface area contributed by atoms with Crippen molar-refractivity contribution in [2.75, 3.05) is 0 Å². The highest BCUT2D eigenvalue weighted by Gasteiger charge is 2.27. The summed E-state index contributed by atoms with van der Waals surface area (Å²) in [5.41, 5.74) is 1.41. The molecule has 1 aromatic carbocycles. The lowest BCUT2D eigenvalue weighted by molar-refractivity contribution is 0.0488. The van der Waals surface area contributed by atoms with Gasteiger partial charge in [-0.1, -0.05) is 6.07 Å². The average Bonchev–Trinajstić information content (AvgIpc) is 3.17. The van der Waals surface area contributed by atoms with E-state index in [1.807, 2.05) is 20.8 Å². The van der Waals surface area contributed by atoms with E-state index in [-0.39, 0.29) is 23.7 Å². The van der Waals surface area contributed by atoms with Crippen LogP contribution < -0.4 is 10.6 Å². The van der Waals surface area contributed by atoms with E-state index in [1.54, 1.807) is 30.3 Å². The minimum absolute atomic E-state index is 0.0140. The minimum atomic E-state index is -0.567. The zero-order valence-electron chi connectivity index (χ0n) is 18.9. The Morgan fingerprint density at radius 2 is 1.79 bits per heavy atom. The summed E-state index contributed by atoms with van der Waals surface area (Å²) in [6, 6.07) is 8.61. The summed E-state index contributed by atoms with van der Waals surface area (Å²) in [5, 5.41) is 13.6. The Balaban J connectivity index is 1.39. The predicted octanol–water partition coefficient (Wildman–Crippen LogP) is 4.33. The summed E-state index contributed by atoms with van der Waals surface area (Å²) in [7, 11) is 0. The van der Waals surface area contributed by atoms with Crippen LogP contribution in [0.5, 0.6) is 0 Å². The molecule has 3 aromatic rings. The highest BCUT2D eigenvalue weighted by atomic mass is 19.1. The van der Waals surface area contributed by atoms with E-state index in [1.165, 1.54) is 6.20 Å². The van der Waals surface area contributed by atoms with Crippen molar-refractivity contribution in [2.24, 2.45) is 0 Å². The number of hydrogen-bond donors (Lipinski definition) is 3. The fourth-order valence-electron chi connectivity index (χ4n) is 4.07. The fourth-order valence-corrected chi connectivity index (χ4v) is 4.07. The number of pyridine rings is 1. The van der Waals surface area contributed by atoms with E-state index in [4.69, 9.17) is 4.74 Å². The second-order valence-electron chi connectivity index (χ2n) is 9.34. The van der Waals surface area contributed by atoms with Crippen LogP contribution in [0.15, 0.2) is 36.5 Å². The van der Waals surface area contributed by atoms with Gasteiger partial charge in [0, 0.05) is 29.2 Å². The van der Waals surface area contributed by atoms with Gasteiger partial charge in [0.05, 0.1) is 5.52 Å². The van der Waals surface area contributed by atoms with Crippen molar-refractivity contribution in [3.8, 4) is 11.1 Å². The molecule has 0 radical (unpaired) electrons. The number of carbonyl (C=O) groups excluding carboxylic acids is 2. The smallest absolute Gasteiger partial charge is 0.407 e. The molecule has 3 N–H and O–H groups in total. The molecule has 0 saturated heterocycles. The first-order chi connectivity index (χ1) is 15.7. The molecule has 1 saturated carbocycles. The molecule has 174 valence electrons. The van der Waals surface area contributed by atoms with Crippen molar-refractivity contribution in [2.45, 2.75) is 64.1 Å². The molecule has 2 heterocycles. The molecule has 9 heteroatoms. The van der Waals surface area contributed by atoms with Crippen molar-refractivity contribution in [3.63, 3.8) is 0 Å². The number of hydrogen-bond acceptors (Lipinski definition) is 5. The van der Waals surface area contributed by atoms with E-state index in [0.29, 0.717) is 22.0 Å². The van der Waals surface area contributed by atoms with Gasteiger partial charge in [-0.05, 0) is 76.3 Å². The monoisotopic (exact) mass is 453 g/mol. The molecule has 1 aliphatic rings. The van der Waals surface area contributed by atoms with Crippen LogP contribution in [0.25, 0.3) is 22.0 Å². The highest BCUT2D eigenvalue weighted by Crippen LogP contribution is 2.27. The lowest BCUT2D eigenvalue weighted by atomic mass is 9.91. The zero-order chi connectivity index (χ0) is 23.6. The molecule has 1 fully saturated rings. The second-order valence-corrected chi connectivity index (χ2v) is 9.34. The number of alkyl carbamates (subject to hydrolysis) is 1. The molecule has 0 unspecified atom stereocenters. The number of amides is 2. The molecule has 2 aromatic heterocycles. The number of nitrogens with zero attached hydrogens (tertiary/aromatic N) is 2. The first kappa shape index (κ1) is 22.7. The maximum absolute atomic E-state index is 14.1. The van der Waals surface area contributed by atoms with Crippen LogP contribution in [0, 0.1) is 5.95 Å². The Morgan fingerprint density at radius 3 is 2.45 bits per heavy atom. The van der Waals surface area contributed by atoms with Gasteiger partial charge in [-0.15, -0.1) is 0 Å². The number of benzene rings is 1. The van der Waals surface area contributed by atoms with E-state index >= 15 is 0 Å². The molecule has 0 spiro atoms. The normalized spacial score (nSPS) is 18.7. The summed E-state index contributed by atoms with van der Waals surface area (Å²) >= 11 is 0. The Kier molecular flexibility index (Phi) is 6.31. The number of fused-ring (bicyclic) bond motifs is 1. The number of ether oxygens (including phenoxy) is 1. The Labute approximate surface area is 191 Å². The van der Waals surface area contributed by atoms with Crippen LogP contribution in [0.2, 0.25) is 0 Å². The number of rotatable bonds is 4. The molecule has 2 amide bonds. The largest absolute Gasteiger partial charge is 0.444 e. The SMILES string of the molecule is CC(C)(C)OC(=O)NC1CCC(NC(=O)c2n[nH]c3ccc(-c4cccnc4F)cc23)CC1. The van der Waals surface area contributed by atoms with E-state index < -0.39 is 17.6 Å². The molecule has 0 aliphatic heterocycles. The molecule has 1 aliphatic carbocycles. The minimum Gasteiger partial charge on any atom is -0.444 e. The third-order valence-electron chi connectivity index (χ3n) is 5.63. The Hall–Kier alpha value is -3.49. The molecule has 0 bridgehead atoms. The predicted molar refractivity (Wildman–Crippen MR) is 122 cm³/mol. The van der Waals surface area contributed by atoms with Crippen molar-refractivity contribution >= 4 is 22.9 Å². The van der Waals surface area contributed by atoms with Gasteiger partial charge in [0.2, 0.25) is 5.95 Å². The third-order valence-corrected chi connectivity index (χ3v) is 5.63. The molecule has 0 atom stereocenters. The van der Waals surface area contributed by atoms with Gasteiger partial charge in [0.1, 0.15) is 5.60 Å². The van der Waals surface area contributed by atoms with E-state index in [2.05, 4.69) is 25.8 Å². The van der Waals surface area contributed by atoms with Gasteiger partial charge in [0.25, 0.3) is 5.91 Å². The van der Waals surface area contributed by atoms with Gasteiger partial charge >= 0.3 is 6.09 Å². The van der Waals surface area contributed by atoms with Gasteiger partial charge in [-0.2, -0.15) is 9.49 Å². The lowest BCUT2D eigenvalue weighted by Gasteiger charge is -2.30. The Bertz CT molecular complexity index is 1160. The van der Waals surface area contributed by atoms with Crippen molar-refractivity contribution < 1.29 is 18.7 Å². The van der Waals surface area contributed by atoms with Crippen molar-refractivity contribution in [1.29, 1.82) is 0 Å². The first-order valence-corrected chi connectivity index (χ1v) is 11.1. The second kappa shape index (κ2) is 9.17. The quantitative estimate of drug-likeness (QED) is 0.510. The number of nitrogens with one attached hydrogen (secondary N) is 3. The molecule has 8 nitrogen and oxygen atoms in total. The maximum atomic E-state index is 14.1. The number of carbonyl (C=O) groups is 2. The summed E-state index contributed by atoms with van der Waals surface area (Å²) in [6.45, 7) is 5.48. The zero-order valence-corrected chi connectivity index (χ0v) is 18.9. The first-order valence-electron chi connectivity index (χ1n) is 11.1. The lowest BCUT2D eigenvalue weighted by Crippen LogP contribution is -2.45. The molecular weight excluding hydrogens is 425 g/mol. The number of aromatic nitrogens is 3. The topological polar surface area (TPSA) is 109 Å². The van der Waals surface area contributed by atoms with Gasteiger partial charge in [-0.3, -0.25) is 9.89 Å². The molecular formula is C24H28FN5O3. The van der Waals surface area contributed by atoms with Crippen LogP contribution in [0.1, 0.15) is 56.9 Å². The number of H-pyrrole nitrogens is 1. The summed E-state index contributed by atoms with van der Waals surface area (Å²) in [6.07, 6.45) is 3.94. The van der Waals surface area contributed by atoms with Crippen LogP contribution in [0.4, 0.5) is 9.18 Å². The summed E-state index contributed by atoms with van der Waals surface area (Å²) in [5.74, 6) is -0.850. The van der Waals surface area contributed by atoms with Crippen LogP contribution >= 0.6 is 0 Å². The van der Waals surface area contributed by atoms with Crippen LogP contribution in [-0.4, -0.2) is 44.9 Å². The van der Waals surface area contributed by atoms with E-state index in [9.17, 15) is 14.0 Å². The van der Waals surface area contributed by atoms with Crippen LogP contribution in [-0.2, 0) is 4.74 Å². The Morgan fingerprint density at radius 1 is 1.09 bits per heavy atom. The maximum Gasteiger partial charge on any atom is 0.407 e. The number of aromatic amines is 1. The van der Waals surface area contributed by atoms with Gasteiger partial charge < -0.3 is 15.4 Å². The van der Waals surface area contributed by atoms with Crippen molar-refractivity contribution in [1.82, 2.24) is 25.8 Å². The van der Waals surface area contributed by atoms with Gasteiger partial charge in [-0.25, -0.2) is 9.78 Å². The molecule has 33 heavy (non-hydrogen) atoms. The van der Waals surface area contributed by atoms with E-state index in [0.717, 1.165) is 25.7 Å². The van der Waals surface area contributed by atoms with Crippen molar-refractivity contribution in [3.05, 3.63) is 48.2 Å². The summed E-state index contributed by atoms with van der Waals surface area (Å²) in [4.78, 5) is 28.6. The average molecular weight is 454 g/mol. The standard InChI is InChI=1S/C24H28FN5O3/c1-24(2,3)33-23(32)28-16-9-7-15(8-10-16)27-22(31)20-18-13-14(6-11-19(18)29-30-20)17-5-4-12-26-21(17)25/h4-6,11-13,15-16H,7-10H2,1-3H3,(H,27,31)(H,28,32)(H,29,30). The van der Waals surface area contributed by atoms with Crippen LogP contribution in [0.3, 0.4) is 0 Å². The van der Waals surface area contributed by atoms with Gasteiger partial charge in [0.15, 0.2) is 5.69 Å². The fraction of sp³-hybridized carbons (Fsp3) is 0.417. The molecule has 4 rings (SSSR count). The highest BCUT2D eigenvalue weighted by molar-refractivity contribution is 6.05.